The van der Waals surface area contributed by atoms with Crippen LogP contribution in [-0.2, 0) is 16.6 Å². The highest BCUT2D eigenvalue weighted by molar-refractivity contribution is 7.86. The third-order valence-corrected chi connectivity index (χ3v) is 5.42. The van der Waals surface area contributed by atoms with Gasteiger partial charge in [0.15, 0.2) is 0 Å². The molecule has 1 rings (SSSR count). The molecule has 0 unspecified atom stereocenters. The van der Waals surface area contributed by atoms with E-state index in [4.69, 9.17) is 5.73 Å². The van der Waals surface area contributed by atoms with Crippen LogP contribution in [0.1, 0.15) is 19.4 Å². The SMILES string of the molecule is CCN(CC)S(=O)(=O)N(CCN)CCc1ccccc1.Cl. The van der Waals surface area contributed by atoms with Crippen LogP contribution in [0.2, 0.25) is 0 Å². The third-order valence-electron chi connectivity index (χ3n) is 3.23. The second kappa shape index (κ2) is 10.1. The number of hydrogen-bond acceptors (Lipinski definition) is 3. The first-order valence-corrected chi connectivity index (χ1v) is 8.45. The normalized spacial score (nSPS) is 11.7. The van der Waals surface area contributed by atoms with Crippen molar-refractivity contribution in [2.24, 2.45) is 5.73 Å². The molecule has 0 fully saturated rings. The van der Waals surface area contributed by atoms with Crippen molar-refractivity contribution < 1.29 is 8.42 Å². The van der Waals surface area contributed by atoms with Crippen LogP contribution in [0.25, 0.3) is 0 Å². The quantitative estimate of drug-likeness (QED) is 0.743. The number of nitrogens with zero attached hydrogens (tertiary/aromatic N) is 2. The Balaban J connectivity index is 0.00000400. The number of hydrogen-bond donors (Lipinski definition) is 1. The third kappa shape index (κ3) is 5.92. The summed E-state index contributed by atoms with van der Waals surface area (Å²) >= 11 is 0. The van der Waals surface area contributed by atoms with Gasteiger partial charge in [-0.25, -0.2) is 0 Å². The topological polar surface area (TPSA) is 66.6 Å². The smallest absolute Gasteiger partial charge is 0.282 e. The fourth-order valence-corrected chi connectivity index (χ4v) is 3.74. The van der Waals surface area contributed by atoms with Gasteiger partial charge in [0.25, 0.3) is 10.2 Å². The van der Waals surface area contributed by atoms with E-state index in [0.717, 1.165) is 5.56 Å². The molecule has 0 aromatic heterocycles. The van der Waals surface area contributed by atoms with Crippen LogP contribution in [-0.4, -0.2) is 49.8 Å². The Morgan fingerprint density at radius 1 is 1.00 bits per heavy atom. The molecule has 0 atom stereocenters. The second-order valence-electron chi connectivity index (χ2n) is 4.52. The first kappa shape index (κ1) is 20.3. The van der Waals surface area contributed by atoms with E-state index in [9.17, 15) is 8.42 Å². The molecule has 0 heterocycles. The lowest BCUT2D eigenvalue weighted by molar-refractivity contribution is 0.353. The summed E-state index contributed by atoms with van der Waals surface area (Å²) in [6.45, 7) is 5.79. The zero-order valence-corrected chi connectivity index (χ0v) is 14.4. The van der Waals surface area contributed by atoms with Crippen molar-refractivity contribution in [2.75, 3.05) is 32.7 Å². The largest absolute Gasteiger partial charge is 0.329 e. The molecule has 7 heteroatoms. The lowest BCUT2D eigenvalue weighted by Crippen LogP contribution is -2.46. The van der Waals surface area contributed by atoms with Gasteiger partial charge < -0.3 is 5.73 Å². The van der Waals surface area contributed by atoms with Crippen LogP contribution in [0.5, 0.6) is 0 Å². The van der Waals surface area contributed by atoms with Gasteiger partial charge in [-0.15, -0.1) is 12.4 Å². The van der Waals surface area contributed by atoms with Crippen molar-refractivity contribution in [1.82, 2.24) is 8.61 Å². The zero-order valence-electron chi connectivity index (χ0n) is 12.7. The van der Waals surface area contributed by atoms with E-state index in [2.05, 4.69) is 0 Å². The van der Waals surface area contributed by atoms with E-state index in [1.54, 1.807) is 0 Å². The summed E-state index contributed by atoms with van der Waals surface area (Å²) in [5.41, 5.74) is 6.68. The predicted molar refractivity (Wildman–Crippen MR) is 89.9 cm³/mol. The van der Waals surface area contributed by atoms with Crippen LogP contribution in [0, 0.1) is 0 Å². The molecule has 0 saturated heterocycles. The van der Waals surface area contributed by atoms with Crippen molar-refractivity contribution in [3.05, 3.63) is 35.9 Å². The molecule has 21 heavy (non-hydrogen) atoms. The predicted octanol–water partition coefficient (Wildman–Crippen LogP) is 1.50. The number of halogens is 1. The fourth-order valence-electron chi connectivity index (χ4n) is 2.10. The maximum Gasteiger partial charge on any atom is 0.282 e. The monoisotopic (exact) mass is 335 g/mol. The minimum atomic E-state index is -3.41. The van der Waals surface area contributed by atoms with Crippen molar-refractivity contribution in [3.63, 3.8) is 0 Å². The first-order chi connectivity index (χ1) is 9.56. The Bertz CT molecular complexity index is 478. The van der Waals surface area contributed by atoms with Gasteiger partial charge in [-0.1, -0.05) is 44.2 Å². The summed E-state index contributed by atoms with van der Waals surface area (Å²) in [5, 5.41) is 0. The molecule has 5 nitrogen and oxygen atoms in total. The van der Waals surface area contributed by atoms with Gasteiger partial charge in [-0.05, 0) is 12.0 Å². The van der Waals surface area contributed by atoms with Gasteiger partial charge in [0.1, 0.15) is 0 Å². The van der Waals surface area contributed by atoms with E-state index in [1.807, 2.05) is 44.2 Å². The fraction of sp³-hybridized carbons (Fsp3) is 0.571. The maximum atomic E-state index is 12.5. The summed E-state index contributed by atoms with van der Waals surface area (Å²) in [4.78, 5) is 0. The first-order valence-electron chi connectivity index (χ1n) is 7.05. The second-order valence-corrected chi connectivity index (χ2v) is 6.44. The van der Waals surface area contributed by atoms with Crippen LogP contribution in [0.4, 0.5) is 0 Å². The molecular weight excluding hydrogens is 310 g/mol. The Labute approximate surface area is 134 Å². The Morgan fingerprint density at radius 2 is 1.57 bits per heavy atom. The van der Waals surface area contributed by atoms with E-state index in [0.29, 0.717) is 39.1 Å². The molecule has 0 spiro atoms. The number of benzene rings is 1. The molecule has 0 aliphatic carbocycles. The number of rotatable bonds is 9. The van der Waals surface area contributed by atoms with Gasteiger partial charge in [-0.2, -0.15) is 17.0 Å². The van der Waals surface area contributed by atoms with Crippen LogP contribution < -0.4 is 5.73 Å². The molecule has 2 N–H and O–H groups in total. The molecule has 1 aromatic carbocycles. The maximum absolute atomic E-state index is 12.5. The highest BCUT2D eigenvalue weighted by atomic mass is 35.5. The van der Waals surface area contributed by atoms with Crippen molar-refractivity contribution in [2.45, 2.75) is 20.3 Å². The Kier molecular flexibility index (Phi) is 9.81. The van der Waals surface area contributed by atoms with Gasteiger partial charge >= 0.3 is 0 Å². The molecule has 0 saturated carbocycles. The molecule has 0 aliphatic rings. The van der Waals surface area contributed by atoms with E-state index >= 15 is 0 Å². The highest BCUT2D eigenvalue weighted by Crippen LogP contribution is 2.10. The van der Waals surface area contributed by atoms with Crippen molar-refractivity contribution >= 4 is 22.6 Å². The minimum Gasteiger partial charge on any atom is -0.329 e. The average Bonchev–Trinajstić information content (AvgIpc) is 2.45. The summed E-state index contributed by atoms with van der Waals surface area (Å²) in [5.74, 6) is 0. The summed E-state index contributed by atoms with van der Waals surface area (Å²) in [6, 6.07) is 9.88. The summed E-state index contributed by atoms with van der Waals surface area (Å²) < 4.78 is 27.9. The Morgan fingerprint density at radius 3 is 2.05 bits per heavy atom. The van der Waals surface area contributed by atoms with E-state index in [-0.39, 0.29) is 12.4 Å². The van der Waals surface area contributed by atoms with Crippen LogP contribution in [0.3, 0.4) is 0 Å². The lowest BCUT2D eigenvalue weighted by Gasteiger charge is -2.28. The highest BCUT2D eigenvalue weighted by Gasteiger charge is 2.26. The lowest BCUT2D eigenvalue weighted by atomic mass is 10.1. The van der Waals surface area contributed by atoms with E-state index in [1.165, 1.54) is 8.61 Å². The van der Waals surface area contributed by atoms with Crippen LogP contribution >= 0.6 is 12.4 Å². The average molecular weight is 336 g/mol. The molecule has 0 radical (unpaired) electrons. The standard InChI is InChI=1S/C14H25N3O2S.ClH/c1-3-16(4-2)20(18,19)17(13-11-15)12-10-14-8-6-5-7-9-14;/h5-9H,3-4,10-13,15H2,1-2H3;1H. The molecule has 1 aromatic rings. The summed E-state index contributed by atoms with van der Waals surface area (Å²) in [6.07, 6.45) is 0.696. The minimum absolute atomic E-state index is 0. The molecule has 0 aliphatic heterocycles. The molecule has 0 bridgehead atoms. The van der Waals surface area contributed by atoms with Gasteiger partial charge in [-0.3, -0.25) is 0 Å². The van der Waals surface area contributed by atoms with Crippen LogP contribution in [0.15, 0.2) is 30.3 Å². The summed E-state index contributed by atoms with van der Waals surface area (Å²) in [7, 11) is -3.41. The zero-order chi connectivity index (χ0) is 15.0. The molecule has 122 valence electrons. The van der Waals surface area contributed by atoms with E-state index < -0.39 is 10.2 Å². The van der Waals surface area contributed by atoms with Gasteiger partial charge in [0, 0.05) is 32.7 Å². The van der Waals surface area contributed by atoms with Gasteiger partial charge in [0.05, 0.1) is 0 Å². The van der Waals surface area contributed by atoms with Gasteiger partial charge in [0.2, 0.25) is 0 Å². The van der Waals surface area contributed by atoms with Crippen molar-refractivity contribution in [1.29, 1.82) is 0 Å². The molecular formula is C14H26ClN3O2S. The number of nitrogens with two attached hydrogens (primary N) is 1. The van der Waals surface area contributed by atoms with Crippen molar-refractivity contribution in [3.8, 4) is 0 Å². The Hall–Kier alpha value is -0.660. The molecule has 0 amide bonds.